The van der Waals surface area contributed by atoms with E-state index >= 15 is 0 Å². The van der Waals surface area contributed by atoms with E-state index in [2.05, 4.69) is 45.1 Å². The Kier molecular flexibility index (Phi) is 14.1. The number of anilines is 2. The molecule has 39 heavy (non-hydrogen) atoms. The monoisotopic (exact) mass is 538 g/mol. The number of nitrogens with one attached hydrogen (secondary N) is 4. The average Bonchev–Trinajstić information content (AvgIpc) is 2.94. The largest absolute Gasteiger partial charge is 0.359 e. The Labute approximate surface area is 234 Å². The van der Waals surface area contributed by atoms with Gasteiger partial charge < -0.3 is 10.6 Å². The first-order chi connectivity index (χ1) is 18.6. The maximum absolute atomic E-state index is 12.3. The summed E-state index contributed by atoms with van der Waals surface area (Å²) in [6, 6.07) is 11.7. The van der Waals surface area contributed by atoms with Gasteiger partial charge in [0.25, 0.3) is 0 Å². The highest BCUT2D eigenvalue weighted by Crippen LogP contribution is 2.25. The molecule has 0 saturated heterocycles. The van der Waals surface area contributed by atoms with E-state index in [9.17, 15) is 9.59 Å². The van der Waals surface area contributed by atoms with E-state index in [1.165, 1.54) is 0 Å². The molecule has 0 spiro atoms. The summed E-state index contributed by atoms with van der Waals surface area (Å²) in [6.07, 6.45) is 1.77. The van der Waals surface area contributed by atoms with Crippen molar-refractivity contribution in [3.8, 4) is 0 Å². The maximum Gasteiger partial charge on any atom is 0.328 e. The Bertz CT molecular complexity index is 1160. The van der Waals surface area contributed by atoms with Crippen LogP contribution in [0.15, 0.2) is 46.4 Å². The van der Waals surface area contributed by atoms with Crippen molar-refractivity contribution in [1.29, 1.82) is 0 Å². The second kappa shape index (κ2) is 16.7. The molecule has 0 aromatic heterocycles. The fourth-order valence-electron chi connectivity index (χ4n) is 4.12. The summed E-state index contributed by atoms with van der Waals surface area (Å²) >= 11 is 0. The van der Waals surface area contributed by atoms with E-state index in [1.807, 2.05) is 57.2 Å². The molecule has 0 unspecified atom stereocenters. The minimum Gasteiger partial charge on any atom is -0.359 e. The predicted molar refractivity (Wildman–Crippen MR) is 164 cm³/mol. The van der Waals surface area contributed by atoms with Crippen LogP contribution in [0.1, 0.15) is 43.0 Å². The molecule has 0 aliphatic rings. The Hall–Kier alpha value is -4.08. The molecule has 10 heteroatoms. The number of benzene rings is 2. The first-order valence-electron chi connectivity index (χ1n) is 13.2. The van der Waals surface area contributed by atoms with Crippen LogP contribution < -0.4 is 31.1 Å². The summed E-state index contributed by atoms with van der Waals surface area (Å²) in [6.45, 7) is 10.8. The van der Waals surface area contributed by atoms with E-state index in [-0.39, 0.29) is 12.1 Å². The molecule has 0 aliphatic carbocycles. The van der Waals surface area contributed by atoms with Gasteiger partial charge >= 0.3 is 12.1 Å². The third kappa shape index (κ3) is 9.31. The van der Waals surface area contributed by atoms with Gasteiger partial charge in [-0.15, -0.1) is 0 Å². The van der Waals surface area contributed by atoms with Crippen molar-refractivity contribution in [2.45, 2.75) is 47.5 Å². The number of carbonyl (C=O) groups excluding carboxylic acids is 2. The Morgan fingerprint density at radius 1 is 0.744 bits per heavy atom. The SMILES string of the molecule is CCNC(=NC)NC(=O)N(C)c1c(C)cccc1CC.CCc1cccc(C)c1N(C)C(=O)NC(=NC)NC. The van der Waals surface area contributed by atoms with Gasteiger partial charge in [-0.3, -0.25) is 30.4 Å². The van der Waals surface area contributed by atoms with Gasteiger partial charge in [-0.1, -0.05) is 50.2 Å². The number of carbonyl (C=O) groups is 2. The summed E-state index contributed by atoms with van der Waals surface area (Å²) in [4.78, 5) is 35.7. The molecule has 0 bridgehead atoms. The van der Waals surface area contributed by atoms with Crippen LogP contribution in [0.3, 0.4) is 0 Å². The van der Waals surface area contributed by atoms with Gasteiger partial charge in [0.05, 0.1) is 11.4 Å². The molecule has 2 aromatic rings. The molecule has 10 nitrogen and oxygen atoms in total. The number of amides is 4. The number of aliphatic imine (C=N–C) groups is 2. The molecular weight excluding hydrogens is 492 g/mol. The maximum atomic E-state index is 12.3. The average molecular weight is 539 g/mol. The number of hydrogen-bond donors (Lipinski definition) is 4. The molecule has 0 heterocycles. The van der Waals surface area contributed by atoms with Crippen LogP contribution in [-0.4, -0.2) is 65.8 Å². The van der Waals surface area contributed by atoms with Crippen molar-refractivity contribution in [3.63, 3.8) is 0 Å². The summed E-state index contributed by atoms with van der Waals surface area (Å²) in [5, 5.41) is 11.3. The summed E-state index contributed by atoms with van der Waals surface area (Å²) < 4.78 is 0. The lowest BCUT2D eigenvalue weighted by Crippen LogP contribution is -2.47. The van der Waals surface area contributed by atoms with Crippen molar-refractivity contribution in [3.05, 3.63) is 58.7 Å². The second-order valence-electron chi connectivity index (χ2n) is 8.78. The van der Waals surface area contributed by atoms with Crippen LogP contribution >= 0.6 is 0 Å². The molecular formula is C29H46N8O2. The van der Waals surface area contributed by atoms with E-state index in [0.29, 0.717) is 18.5 Å². The third-order valence-electron chi connectivity index (χ3n) is 6.16. The zero-order valence-electron chi connectivity index (χ0n) is 25.2. The quantitative estimate of drug-likeness (QED) is 0.337. The highest BCUT2D eigenvalue weighted by atomic mass is 16.2. The zero-order chi connectivity index (χ0) is 29.5. The first-order valence-corrected chi connectivity index (χ1v) is 13.2. The van der Waals surface area contributed by atoms with E-state index in [4.69, 9.17) is 0 Å². The molecule has 0 atom stereocenters. The van der Waals surface area contributed by atoms with Crippen LogP contribution in [-0.2, 0) is 12.8 Å². The number of nitrogens with zero attached hydrogens (tertiary/aromatic N) is 4. The van der Waals surface area contributed by atoms with E-state index < -0.39 is 0 Å². The van der Waals surface area contributed by atoms with Gasteiger partial charge in [-0.2, -0.15) is 0 Å². The number of aryl methyl sites for hydroxylation is 4. The molecule has 0 radical (unpaired) electrons. The number of rotatable bonds is 5. The molecule has 2 aromatic carbocycles. The van der Waals surface area contributed by atoms with Crippen LogP contribution in [0.25, 0.3) is 0 Å². The smallest absolute Gasteiger partial charge is 0.328 e. The zero-order valence-corrected chi connectivity index (χ0v) is 25.2. The molecule has 214 valence electrons. The minimum atomic E-state index is -0.209. The van der Waals surface area contributed by atoms with Crippen LogP contribution in [0.2, 0.25) is 0 Å². The molecule has 4 N–H and O–H groups in total. The second-order valence-corrected chi connectivity index (χ2v) is 8.78. The molecule has 0 aliphatic heterocycles. The summed E-state index contributed by atoms with van der Waals surface area (Å²) in [5.41, 5.74) is 6.38. The molecule has 4 amide bonds. The predicted octanol–water partition coefficient (Wildman–Crippen LogP) is 4.21. The lowest BCUT2D eigenvalue weighted by atomic mass is 10.1. The Balaban J connectivity index is 0.000000391. The van der Waals surface area contributed by atoms with Crippen molar-refractivity contribution >= 4 is 35.4 Å². The summed E-state index contributed by atoms with van der Waals surface area (Å²) in [7, 11) is 8.52. The van der Waals surface area contributed by atoms with Crippen molar-refractivity contribution in [2.24, 2.45) is 9.98 Å². The molecule has 0 saturated carbocycles. The summed E-state index contributed by atoms with van der Waals surface area (Å²) in [5.74, 6) is 0.930. The Morgan fingerprint density at radius 2 is 1.15 bits per heavy atom. The highest BCUT2D eigenvalue weighted by molar-refractivity contribution is 6.04. The number of para-hydroxylation sites is 2. The van der Waals surface area contributed by atoms with Crippen LogP contribution in [0.4, 0.5) is 21.0 Å². The number of guanidine groups is 2. The van der Waals surface area contributed by atoms with Crippen molar-refractivity contribution in [2.75, 3.05) is 51.6 Å². The number of urea groups is 2. The number of hydrogen-bond acceptors (Lipinski definition) is 4. The van der Waals surface area contributed by atoms with Gasteiger partial charge in [0.15, 0.2) is 11.9 Å². The normalized spacial score (nSPS) is 11.1. The van der Waals surface area contributed by atoms with Gasteiger partial charge in [-0.05, 0) is 55.9 Å². The van der Waals surface area contributed by atoms with Gasteiger partial charge in [0, 0.05) is 41.8 Å². The topological polar surface area (TPSA) is 113 Å². The van der Waals surface area contributed by atoms with Crippen molar-refractivity contribution in [1.82, 2.24) is 21.3 Å². The van der Waals surface area contributed by atoms with Crippen LogP contribution in [0, 0.1) is 13.8 Å². The minimum absolute atomic E-state index is 0.199. The first kappa shape index (κ1) is 32.9. The lowest BCUT2D eigenvalue weighted by molar-refractivity contribution is 0.250. The van der Waals surface area contributed by atoms with Crippen molar-refractivity contribution < 1.29 is 9.59 Å². The lowest BCUT2D eigenvalue weighted by Gasteiger charge is -2.23. The highest BCUT2D eigenvalue weighted by Gasteiger charge is 2.18. The van der Waals surface area contributed by atoms with Crippen LogP contribution in [0.5, 0.6) is 0 Å². The fraction of sp³-hybridized carbons (Fsp3) is 0.448. The molecule has 0 fully saturated rings. The van der Waals surface area contributed by atoms with Gasteiger partial charge in [0.1, 0.15) is 0 Å². The molecule has 2 rings (SSSR count). The Morgan fingerprint density at radius 3 is 1.49 bits per heavy atom. The van der Waals surface area contributed by atoms with E-state index in [0.717, 1.165) is 46.5 Å². The third-order valence-corrected chi connectivity index (χ3v) is 6.16. The standard InChI is InChI=1S/C15H24N4O.C14H22N4O/c1-6-12-10-8-9-11(3)13(12)19(5)15(20)18-14(16-4)17-7-2;1-6-11-9-7-8-10(2)12(11)18(5)14(19)17-13(15-3)16-4/h8-10H,6-7H2,1-5H3,(H2,16,17,18,20);7-9H,6H2,1-5H3,(H2,15,16,17,19). The van der Waals surface area contributed by atoms with Gasteiger partial charge in [-0.25, -0.2) is 9.59 Å². The van der Waals surface area contributed by atoms with E-state index in [1.54, 1.807) is 45.0 Å². The fourth-order valence-corrected chi connectivity index (χ4v) is 4.12. The van der Waals surface area contributed by atoms with Gasteiger partial charge in [0.2, 0.25) is 0 Å².